The maximum atomic E-state index is 5.60. The number of furan rings is 1. The van der Waals surface area contributed by atoms with E-state index in [-0.39, 0.29) is 28.7 Å². The van der Waals surface area contributed by atoms with Gasteiger partial charge < -0.3 is 24.5 Å². The third kappa shape index (κ3) is 8.49. The van der Waals surface area contributed by atoms with Gasteiger partial charge in [-0.2, -0.15) is 11.8 Å². The van der Waals surface area contributed by atoms with E-state index in [4.69, 9.17) is 18.9 Å². The number of hydrogen-bond acceptors (Lipinski definition) is 5. The summed E-state index contributed by atoms with van der Waals surface area (Å²) in [5, 5.41) is 6.71. The highest BCUT2D eigenvalue weighted by Crippen LogP contribution is 2.33. The molecule has 0 atom stereocenters. The first-order chi connectivity index (χ1) is 12.3. The topological polar surface area (TPSA) is 68.0 Å². The summed E-state index contributed by atoms with van der Waals surface area (Å²) < 4.78 is 16.5. The van der Waals surface area contributed by atoms with E-state index in [2.05, 4.69) is 23.8 Å². The molecule has 8 heteroatoms. The van der Waals surface area contributed by atoms with Crippen molar-refractivity contribution < 1.29 is 13.9 Å². The number of ether oxygens (including phenoxy) is 2. The molecule has 1 aromatic rings. The molecule has 1 aromatic heterocycles. The largest absolute Gasteiger partial charge is 0.467 e. The van der Waals surface area contributed by atoms with Crippen molar-refractivity contribution in [3.8, 4) is 0 Å². The summed E-state index contributed by atoms with van der Waals surface area (Å²) in [5.41, 5.74) is 0. The summed E-state index contributed by atoms with van der Waals surface area (Å²) in [4.78, 5) is 4.80. The van der Waals surface area contributed by atoms with E-state index in [1.807, 2.05) is 23.9 Å². The third-order valence-corrected chi connectivity index (χ3v) is 5.69. The fourth-order valence-corrected chi connectivity index (χ4v) is 3.45. The van der Waals surface area contributed by atoms with Crippen LogP contribution in [-0.2, 0) is 16.1 Å². The van der Waals surface area contributed by atoms with Crippen molar-refractivity contribution in [1.82, 2.24) is 10.6 Å². The Bertz CT molecular complexity index is 494. The lowest BCUT2D eigenvalue weighted by molar-refractivity contribution is 0.0794. The number of nitrogens with zero attached hydrogens (tertiary/aromatic N) is 1. The van der Waals surface area contributed by atoms with Crippen LogP contribution in [0.25, 0.3) is 0 Å². The molecule has 1 fully saturated rings. The van der Waals surface area contributed by atoms with Crippen LogP contribution in [0.15, 0.2) is 27.8 Å². The first kappa shape index (κ1) is 23.6. The summed E-state index contributed by atoms with van der Waals surface area (Å²) in [6.45, 7) is 7.50. The second-order valence-corrected chi connectivity index (χ2v) is 7.38. The van der Waals surface area contributed by atoms with Crippen molar-refractivity contribution in [1.29, 1.82) is 0 Å². The second kappa shape index (κ2) is 13.7. The minimum atomic E-state index is 0. The van der Waals surface area contributed by atoms with E-state index in [9.17, 15) is 0 Å². The monoisotopic (exact) mass is 497 g/mol. The Balaban J connectivity index is 0.00000338. The first-order valence-corrected chi connectivity index (χ1v) is 10.3. The van der Waals surface area contributed by atoms with Gasteiger partial charge in [-0.15, -0.1) is 24.0 Å². The summed E-state index contributed by atoms with van der Waals surface area (Å²) in [7, 11) is 0. The van der Waals surface area contributed by atoms with Crippen molar-refractivity contribution in [2.75, 3.05) is 45.7 Å². The number of thioether (sulfide) groups is 1. The van der Waals surface area contributed by atoms with Gasteiger partial charge in [-0.25, -0.2) is 0 Å². The van der Waals surface area contributed by atoms with Crippen molar-refractivity contribution in [2.45, 2.75) is 37.5 Å². The van der Waals surface area contributed by atoms with Crippen LogP contribution in [0.2, 0.25) is 0 Å². The Labute approximate surface area is 178 Å². The van der Waals surface area contributed by atoms with Gasteiger partial charge in [0.05, 0.1) is 12.8 Å². The molecule has 0 amide bonds. The van der Waals surface area contributed by atoms with Gasteiger partial charge >= 0.3 is 0 Å². The Hall–Kier alpha value is -0.450. The zero-order valence-corrected chi connectivity index (χ0v) is 18.9. The normalized spacial score (nSPS) is 16.8. The molecular weight excluding hydrogens is 465 g/mol. The molecule has 0 aromatic carbocycles. The number of rotatable bonds is 10. The fourth-order valence-electron chi connectivity index (χ4n) is 2.68. The number of halogens is 1. The van der Waals surface area contributed by atoms with Gasteiger partial charge in [0.25, 0.3) is 0 Å². The summed E-state index contributed by atoms with van der Waals surface area (Å²) in [5.74, 6) is 1.75. The quantitative estimate of drug-likeness (QED) is 0.224. The highest BCUT2D eigenvalue weighted by molar-refractivity contribution is 14.0. The SMILES string of the molecule is CCNC(=NCC1(SC)CCOCC1)NCCCOCc1ccco1.I. The van der Waals surface area contributed by atoms with E-state index in [1.54, 1.807) is 6.26 Å². The lowest BCUT2D eigenvalue weighted by Gasteiger charge is -2.34. The number of guanidine groups is 1. The Kier molecular flexibility index (Phi) is 12.4. The number of nitrogens with one attached hydrogen (secondary N) is 2. The van der Waals surface area contributed by atoms with Crippen LogP contribution in [0.5, 0.6) is 0 Å². The molecule has 2 N–H and O–H groups in total. The zero-order chi connectivity index (χ0) is 17.8. The third-order valence-electron chi connectivity index (χ3n) is 4.29. The van der Waals surface area contributed by atoms with E-state index >= 15 is 0 Å². The Morgan fingerprint density at radius 2 is 2.15 bits per heavy atom. The van der Waals surface area contributed by atoms with Crippen LogP contribution in [0.3, 0.4) is 0 Å². The molecule has 0 radical (unpaired) electrons. The summed E-state index contributed by atoms with van der Waals surface area (Å²) in [6.07, 6.45) is 6.90. The van der Waals surface area contributed by atoms with Crippen LogP contribution in [0.4, 0.5) is 0 Å². The predicted octanol–water partition coefficient (Wildman–Crippen LogP) is 3.27. The summed E-state index contributed by atoms with van der Waals surface area (Å²) >= 11 is 1.92. The molecule has 1 aliphatic rings. The Morgan fingerprint density at radius 1 is 1.35 bits per heavy atom. The van der Waals surface area contributed by atoms with Crippen molar-refractivity contribution in [3.63, 3.8) is 0 Å². The van der Waals surface area contributed by atoms with Crippen LogP contribution in [0.1, 0.15) is 31.9 Å². The highest BCUT2D eigenvalue weighted by atomic mass is 127. The van der Waals surface area contributed by atoms with E-state index in [1.165, 1.54) is 0 Å². The van der Waals surface area contributed by atoms with E-state index in [0.717, 1.165) is 63.8 Å². The second-order valence-electron chi connectivity index (χ2n) is 6.11. The van der Waals surface area contributed by atoms with Crippen LogP contribution >= 0.6 is 35.7 Å². The van der Waals surface area contributed by atoms with Gasteiger partial charge in [-0.3, -0.25) is 4.99 Å². The van der Waals surface area contributed by atoms with Gasteiger partial charge in [-0.1, -0.05) is 0 Å². The molecule has 1 aliphatic heterocycles. The summed E-state index contributed by atoms with van der Waals surface area (Å²) in [6, 6.07) is 3.80. The molecule has 0 aliphatic carbocycles. The molecule has 1 saturated heterocycles. The zero-order valence-electron chi connectivity index (χ0n) is 15.8. The standard InChI is InChI=1S/C18H31N3O3S.HI/c1-3-19-17(21-15-18(25-2)7-12-22-13-8-18)20-9-5-10-23-14-16-6-4-11-24-16;/h4,6,11H,3,5,7-10,12-15H2,1-2H3,(H2,19,20,21);1H. The molecule has 0 bridgehead atoms. The van der Waals surface area contributed by atoms with Gasteiger partial charge in [0.2, 0.25) is 0 Å². The molecule has 2 heterocycles. The predicted molar refractivity (Wildman–Crippen MR) is 119 cm³/mol. The lowest BCUT2D eigenvalue weighted by Crippen LogP contribution is -2.41. The molecule has 0 unspecified atom stereocenters. The molecule has 2 rings (SSSR count). The minimum absolute atomic E-state index is 0. The maximum Gasteiger partial charge on any atom is 0.191 e. The van der Waals surface area contributed by atoms with Gasteiger partial charge in [0, 0.05) is 37.7 Å². The molecule has 150 valence electrons. The first-order valence-electron chi connectivity index (χ1n) is 9.03. The van der Waals surface area contributed by atoms with E-state index < -0.39 is 0 Å². The molecule has 6 nitrogen and oxygen atoms in total. The van der Waals surface area contributed by atoms with Crippen LogP contribution in [0, 0.1) is 0 Å². The van der Waals surface area contributed by atoms with Gasteiger partial charge in [-0.05, 0) is 44.6 Å². The average molecular weight is 497 g/mol. The average Bonchev–Trinajstić information content (AvgIpc) is 3.16. The Morgan fingerprint density at radius 3 is 2.81 bits per heavy atom. The smallest absolute Gasteiger partial charge is 0.191 e. The molecule has 26 heavy (non-hydrogen) atoms. The van der Waals surface area contributed by atoms with Gasteiger partial charge in [0.15, 0.2) is 5.96 Å². The number of hydrogen-bond donors (Lipinski definition) is 2. The maximum absolute atomic E-state index is 5.60. The number of aliphatic imine (C=N–C) groups is 1. The van der Waals surface area contributed by atoms with E-state index in [0.29, 0.717) is 13.2 Å². The fraction of sp³-hybridized carbons (Fsp3) is 0.722. The molecular formula is C18H32IN3O3S. The van der Waals surface area contributed by atoms with Crippen molar-refractivity contribution in [2.24, 2.45) is 4.99 Å². The van der Waals surface area contributed by atoms with Crippen molar-refractivity contribution in [3.05, 3.63) is 24.2 Å². The van der Waals surface area contributed by atoms with Crippen LogP contribution in [-0.4, -0.2) is 56.4 Å². The lowest BCUT2D eigenvalue weighted by atomic mass is 9.99. The minimum Gasteiger partial charge on any atom is -0.467 e. The highest BCUT2D eigenvalue weighted by Gasteiger charge is 2.31. The van der Waals surface area contributed by atoms with Gasteiger partial charge in [0.1, 0.15) is 12.4 Å². The molecule has 0 saturated carbocycles. The van der Waals surface area contributed by atoms with Crippen molar-refractivity contribution >= 4 is 41.7 Å². The molecule has 0 spiro atoms. The van der Waals surface area contributed by atoms with Crippen LogP contribution < -0.4 is 10.6 Å².